The molecule has 1 fully saturated rings. The van der Waals surface area contributed by atoms with Gasteiger partial charge in [-0.2, -0.15) is 4.98 Å². The number of amides is 1. The Kier molecular flexibility index (Phi) is 6.52. The van der Waals surface area contributed by atoms with Crippen molar-refractivity contribution < 1.29 is 18.4 Å². The van der Waals surface area contributed by atoms with E-state index in [-0.39, 0.29) is 11.7 Å². The van der Waals surface area contributed by atoms with Crippen LogP contribution in [0.2, 0.25) is 0 Å². The number of halogens is 1. The molecule has 0 radical (unpaired) electrons. The molecule has 0 N–H and O–H groups in total. The molecule has 7 nitrogen and oxygen atoms in total. The molecule has 146 valence electrons. The highest BCUT2D eigenvalue weighted by Crippen LogP contribution is 2.19. The number of rotatable bonds is 7. The van der Waals surface area contributed by atoms with Gasteiger partial charge in [0.15, 0.2) is 0 Å². The van der Waals surface area contributed by atoms with E-state index in [0.717, 1.165) is 13.0 Å². The molecule has 0 bridgehead atoms. The Morgan fingerprint density at radius 1 is 1.33 bits per heavy atom. The van der Waals surface area contributed by atoms with Crippen LogP contribution in [0.15, 0.2) is 22.7 Å². The van der Waals surface area contributed by atoms with Crippen LogP contribution in [0.25, 0.3) is 11.4 Å². The number of nitrogens with zero attached hydrogens (tertiary/aromatic N) is 4. The Balaban J connectivity index is 1.44. The summed E-state index contributed by atoms with van der Waals surface area (Å²) in [6.45, 7) is 5.39. The van der Waals surface area contributed by atoms with Gasteiger partial charge in [-0.15, -0.1) is 0 Å². The van der Waals surface area contributed by atoms with Gasteiger partial charge in [0.05, 0.1) is 19.8 Å². The van der Waals surface area contributed by atoms with Crippen molar-refractivity contribution in [3.8, 4) is 11.4 Å². The number of hydrogen-bond acceptors (Lipinski definition) is 6. The van der Waals surface area contributed by atoms with E-state index in [0.29, 0.717) is 62.1 Å². The van der Waals surface area contributed by atoms with Crippen molar-refractivity contribution in [1.82, 2.24) is 19.9 Å². The molecule has 0 aliphatic carbocycles. The third-order valence-corrected chi connectivity index (χ3v) is 4.60. The average molecular weight is 376 g/mol. The predicted molar refractivity (Wildman–Crippen MR) is 97.6 cm³/mol. The van der Waals surface area contributed by atoms with Crippen LogP contribution in [0.4, 0.5) is 4.39 Å². The fourth-order valence-electron chi connectivity index (χ4n) is 2.93. The summed E-state index contributed by atoms with van der Waals surface area (Å²) in [6.07, 6.45) is 1.40. The number of hydrogen-bond donors (Lipinski definition) is 0. The van der Waals surface area contributed by atoms with Crippen LogP contribution >= 0.6 is 0 Å². The number of carbonyl (C=O) groups is 1. The second-order valence-electron chi connectivity index (χ2n) is 6.81. The smallest absolute Gasteiger partial charge is 0.236 e. The first kappa shape index (κ1) is 19.4. The molecule has 0 atom stereocenters. The average Bonchev–Trinajstić information content (AvgIpc) is 3.13. The van der Waals surface area contributed by atoms with Crippen molar-refractivity contribution in [2.45, 2.75) is 19.8 Å². The normalized spacial score (nSPS) is 14.7. The van der Waals surface area contributed by atoms with Gasteiger partial charge in [-0.05, 0) is 38.6 Å². The lowest BCUT2D eigenvalue weighted by molar-refractivity contribution is -0.136. The predicted octanol–water partition coefficient (Wildman–Crippen LogP) is 1.91. The number of likely N-dealkylation sites (N-methyl/N-ethyl adjacent to an activating group) is 1. The Hall–Kier alpha value is -2.32. The van der Waals surface area contributed by atoms with Gasteiger partial charge in [0.2, 0.25) is 17.6 Å². The Morgan fingerprint density at radius 3 is 2.85 bits per heavy atom. The number of aryl methyl sites for hydroxylation is 2. The first-order valence-corrected chi connectivity index (χ1v) is 9.16. The summed E-state index contributed by atoms with van der Waals surface area (Å²) in [7, 11) is 1.92. The van der Waals surface area contributed by atoms with E-state index in [1.54, 1.807) is 19.1 Å². The number of benzene rings is 1. The minimum atomic E-state index is -0.287. The molecule has 2 heterocycles. The number of morpholine rings is 1. The minimum absolute atomic E-state index is 0.127. The molecule has 0 saturated carbocycles. The molecule has 1 amide bonds. The number of ether oxygens (including phenoxy) is 1. The first-order valence-electron chi connectivity index (χ1n) is 9.16. The molecule has 3 rings (SSSR count). The lowest BCUT2D eigenvalue weighted by Crippen LogP contribution is -2.45. The fourth-order valence-corrected chi connectivity index (χ4v) is 2.93. The standard InChI is InChI=1S/C19H25FN4O3/c1-14-5-6-15(12-16(14)20)19-21-17(27-22-19)4-3-7-23(2)13-18(25)24-8-10-26-11-9-24/h5-6,12H,3-4,7-11,13H2,1-2H3. The summed E-state index contributed by atoms with van der Waals surface area (Å²) >= 11 is 0. The quantitative estimate of drug-likeness (QED) is 0.735. The van der Waals surface area contributed by atoms with Crippen LogP contribution in [-0.4, -0.2) is 72.3 Å². The summed E-state index contributed by atoms with van der Waals surface area (Å²) in [6, 6.07) is 4.88. The summed E-state index contributed by atoms with van der Waals surface area (Å²) in [5.74, 6) is 0.742. The molecule has 0 spiro atoms. The third-order valence-electron chi connectivity index (χ3n) is 4.60. The first-order chi connectivity index (χ1) is 13.0. The summed E-state index contributed by atoms with van der Waals surface area (Å²) in [5, 5.41) is 3.93. The van der Waals surface area contributed by atoms with E-state index in [9.17, 15) is 9.18 Å². The lowest BCUT2D eigenvalue weighted by atomic mass is 10.1. The van der Waals surface area contributed by atoms with Crippen molar-refractivity contribution in [3.05, 3.63) is 35.5 Å². The van der Waals surface area contributed by atoms with Crippen LogP contribution in [0, 0.1) is 12.7 Å². The monoisotopic (exact) mass is 376 g/mol. The SMILES string of the molecule is Cc1ccc(-c2noc(CCCN(C)CC(=O)N3CCOCC3)n2)cc1F. The third kappa shape index (κ3) is 5.33. The van der Waals surface area contributed by atoms with Crippen molar-refractivity contribution in [1.29, 1.82) is 0 Å². The van der Waals surface area contributed by atoms with Crippen molar-refractivity contribution in [2.24, 2.45) is 0 Å². The molecule has 1 aromatic heterocycles. The molecule has 8 heteroatoms. The van der Waals surface area contributed by atoms with Gasteiger partial charge in [-0.1, -0.05) is 17.3 Å². The zero-order valence-electron chi connectivity index (χ0n) is 15.8. The summed E-state index contributed by atoms with van der Waals surface area (Å²) in [5.41, 5.74) is 1.18. The Bertz CT molecular complexity index is 774. The van der Waals surface area contributed by atoms with Gasteiger partial charge in [0.25, 0.3) is 0 Å². The van der Waals surface area contributed by atoms with E-state index in [2.05, 4.69) is 10.1 Å². The van der Waals surface area contributed by atoms with E-state index < -0.39 is 0 Å². The topological polar surface area (TPSA) is 71.7 Å². The van der Waals surface area contributed by atoms with E-state index in [1.165, 1.54) is 6.07 Å². The minimum Gasteiger partial charge on any atom is -0.378 e. The molecule has 0 unspecified atom stereocenters. The highest BCUT2D eigenvalue weighted by molar-refractivity contribution is 5.78. The lowest BCUT2D eigenvalue weighted by Gasteiger charge is -2.28. The second kappa shape index (κ2) is 9.05. The van der Waals surface area contributed by atoms with Gasteiger partial charge < -0.3 is 14.2 Å². The van der Waals surface area contributed by atoms with Crippen molar-refractivity contribution in [3.63, 3.8) is 0 Å². The molecular formula is C19H25FN4O3. The molecule has 1 aromatic carbocycles. The van der Waals surface area contributed by atoms with E-state index in [1.807, 2.05) is 16.8 Å². The molecule has 1 aliphatic rings. The van der Waals surface area contributed by atoms with Crippen LogP contribution in [0.1, 0.15) is 17.9 Å². The van der Waals surface area contributed by atoms with E-state index >= 15 is 0 Å². The van der Waals surface area contributed by atoms with Gasteiger partial charge in [0.1, 0.15) is 5.82 Å². The van der Waals surface area contributed by atoms with Gasteiger partial charge in [-0.25, -0.2) is 4.39 Å². The largest absolute Gasteiger partial charge is 0.378 e. The van der Waals surface area contributed by atoms with Crippen LogP contribution in [0.3, 0.4) is 0 Å². The van der Waals surface area contributed by atoms with Gasteiger partial charge in [0, 0.05) is 25.1 Å². The van der Waals surface area contributed by atoms with Gasteiger partial charge in [-0.3, -0.25) is 9.69 Å². The summed E-state index contributed by atoms with van der Waals surface area (Å²) in [4.78, 5) is 20.4. The van der Waals surface area contributed by atoms with Crippen LogP contribution in [-0.2, 0) is 16.0 Å². The fraction of sp³-hybridized carbons (Fsp3) is 0.526. The zero-order chi connectivity index (χ0) is 19.2. The highest BCUT2D eigenvalue weighted by atomic mass is 19.1. The Morgan fingerprint density at radius 2 is 2.11 bits per heavy atom. The Labute approximate surface area is 158 Å². The number of aromatic nitrogens is 2. The second-order valence-corrected chi connectivity index (χ2v) is 6.81. The molecule has 1 aliphatic heterocycles. The molecule has 1 saturated heterocycles. The maximum Gasteiger partial charge on any atom is 0.236 e. The molecule has 27 heavy (non-hydrogen) atoms. The van der Waals surface area contributed by atoms with Crippen LogP contribution < -0.4 is 0 Å². The molecular weight excluding hydrogens is 351 g/mol. The van der Waals surface area contributed by atoms with Crippen molar-refractivity contribution in [2.75, 3.05) is 46.4 Å². The van der Waals surface area contributed by atoms with Gasteiger partial charge >= 0.3 is 0 Å². The van der Waals surface area contributed by atoms with Crippen molar-refractivity contribution >= 4 is 5.91 Å². The maximum absolute atomic E-state index is 13.7. The maximum atomic E-state index is 13.7. The zero-order valence-corrected chi connectivity index (χ0v) is 15.8. The molecule has 2 aromatic rings. The van der Waals surface area contributed by atoms with Crippen LogP contribution in [0.5, 0.6) is 0 Å². The summed E-state index contributed by atoms with van der Waals surface area (Å²) < 4.78 is 24.2. The van der Waals surface area contributed by atoms with E-state index in [4.69, 9.17) is 9.26 Å². The number of carbonyl (C=O) groups excluding carboxylic acids is 1. The highest BCUT2D eigenvalue weighted by Gasteiger charge is 2.18.